The molecule has 0 saturated heterocycles. The van der Waals surface area contributed by atoms with Crippen molar-refractivity contribution in [2.24, 2.45) is 0 Å². The molecule has 0 saturated carbocycles. The lowest BCUT2D eigenvalue weighted by atomic mass is 10.0. The van der Waals surface area contributed by atoms with Crippen LogP contribution in [0.4, 0.5) is 13.2 Å². The van der Waals surface area contributed by atoms with Gasteiger partial charge in [-0.2, -0.15) is 21.6 Å². The molecule has 14 heteroatoms. The Morgan fingerprint density at radius 3 is 1.96 bits per heavy atom. The molecule has 0 aliphatic carbocycles. The van der Waals surface area contributed by atoms with Crippen LogP contribution in [0.2, 0.25) is 0 Å². The lowest BCUT2D eigenvalue weighted by Crippen LogP contribution is -2.28. The van der Waals surface area contributed by atoms with Crippen LogP contribution in [0.1, 0.15) is 47.9 Å². The van der Waals surface area contributed by atoms with Crippen molar-refractivity contribution in [3.8, 4) is 28.7 Å². The van der Waals surface area contributed by atoms with Gasteiger partial charge in [0.1, 0.15) is 40.4 Å². The Balaban J connectivity index is 1.99. The summed E-state index contributed by atoms with van der Waals surface area (Å²) in [5.74, 6) is -2.06. The molecule has 0 aliphatic heterocycles. The first kappa shape index (κ1) is 34.4. The maximum Gasteiger partial charge on any atom is 0.534 e. The van der Waals surface area contributed by atoms with Crippen molar-refractivity contribution in [2.75, 3.05) is 7.11 Å². The summed E-state index contributed by atoms with van der Waals surface area (Å²) < 4.78 is 86.8. The quantitative estimate of drug-likeness (QED) is 0.0392. The minimum absolute atomic E-state index is 0.00191. The van der Waals surface area contributed by atoms with Gasteiger partial charge in [0.05, 0.1) is 7.11 Å². The average molecular weight is 649 g/mol. The van der Waals surface area contributed by atoms with Crippen LogP contribution in [0.3, 0.4) is 0 Å². The summed E-state index contributed by atoms with van der Waals surface area (Å²) in [6.07, 6.45) is 3.44. The largest absolute Gasteiger partial charge is 0.534 e. The van der Waals surface area contributed by atoms with Crippen LogP contribution in [-0.2, 0) is 19.7 Å². The maximum atomic E-state index is 13.5. The van der Waals surface area contributed by atoms with Crippen LogP contribution in [-0.4, -0.2) is 38.8 Å². The minimum atomic E-state index is -5.88. The molecule has 10 nitrogen and oxygen atoms in total. The number of rotatable bonds is 13. The first-order chi connectivity index (χ1) is 21.1. The van der Waals surface area contributed by atoms with E-state index in [4.69, 9.17) is 18.9 Å². The molecule has 238 valence electrons. The summed E-state index contributed by atoms with van der Waals surface area (Å²) in [6.45, 7) is 6.12. The molecule has 0 aliphatic rings. The van der Waals surface area contributed by atoms with E-state index >= 15 is 0 Å². The number of hydrogen-bond donors (Lipinski definition) is 0. The van der Waals surface area contributed by atoms with Gasteiger partial charge in [-0.15, -0.1) is 6.58 Å². The monoisotopic (exact) mass is 648 g/mol. The first-order valence-corrected chi connectivity index (χ1v) is 14.3. The molecular formula is C31H27F3O10S. The molecule has 0 bridgehead atoms. The van der Waals surface area contributed by atoms with Crippen molar-refractivity contribution in [1.29, 1.82) is 0 Å². The molecule has 3 aromatic carbocycles. The van der Waals surface area contributed by atoms with E-state index in [1.807, 2.05) is 0 Å². The standard InChI is InChI=1S/C31H27F3O10S/c1-5-6-27(22-10-14-24(15-11-22)44-45(38,39)31(32,33)34)43-29-18-25(42-20(3)36)17-28(40-4)30(29)26(37)16-9-21-7-12-23(13-8-21)41-19(2)35/h5,7-18,27H,1,6H2,2-4H3/b16-9+/t27-/m0/s1. The highest BCUT2D eigenvalue weighted by molar-refractivity contribution is 7.88. The molecule has 0 amide bonds. The fraction of sp³-hybridized carbons (Fsp3) is 0.194. The van der Waals surface area contributed by atoms with Crippen LogP contribution >= 0.6 is 0 Å². The summed E-state index contributed by atoms with van der Waals surface area (Å²) in [4.78, 5) is 36.3. The van der Waals surface area contributed by atoms with Gasteiger partial charge in [-0.1, -0.05) is 36.4 Å². The summed E-state index contributed by atoms with van der Waals surface area (Å²) in [6, 6.07) is 13.5. The van der Waals surface area contributed by atoms with Crippen LogP contribution in [0.15, 0.2) is 79.4 Å². The second-order valence-corrected chi connectivity index (χ2v) is 10.7. The topological polar surface area (TPSA) is 132 Å². The molecular weight excluding hydrogens is 621 g/mol. The summed E-state index contributed by atoms with van der Waals surface area (Å²) in [5.41, 5.74) is -4.72. The molecule has 0 unspecified atom stereocenters. The number of methoxy groups -OCH3 is 1. The van der Waals surface area contributed by atoms with Gasteiger partial charge in [-0.25, -0.2) is 0 Å². The summed E-state index contributed by atoms with van der Waals surface area (Å²) in [7, 11) is -4.59. The SMILES string of the molecule is C=CC[C@H](Oc1cc(OC(C)=O)cc(OC)c1C(=O)/C=C/c1ccc(OC(C)=O)cc1)c1ccc(OS(=O)(=O)C(F)(F)F)cc1. The zero-order valence-corrected chi connectivity index (χ0v) is 24.9. The highest BCUT2D eigenvalue weighted by Crippen LogP contribution is 2.38. The van der Waals surface area contributed by atoms with Crippen molar-refractivity contribution < 1.29 is 59.1 Å². The van der Waals surface area contributed by atoms with E-state index in [0.717, 1.165) is 12.1 Å². The lowest BCUT2D eigenvalue weighted by molar-refractivity contribution is -0.132. The zero-order chi connectivity index (χ0) is 33.4. The molecule has 0 N–H and O–H groups in total. The molecule has 3 rings (SSSR count). The number of hydrogen-bond acceptors (Lipinski definition) is 10. The number of halogens is 3. The minimum Gasteiger partial charge on any atom is -0.496 e. The zero-order valence-electron chi connectivity index (χ0n) is 24.1. The van der Waals surface area contributed by atoms with Gasteiger partial charge in [0, 0.05) is 32.4 Å². The average Bonchev–Trinajstić information content (AvgIpc) is 2.95. The van der Waals surface area contributed by atoms with Gasteiger partial charge < -0.3 is 23.1 Å². The van der Waals surface area contributed by atoms with Gasteiger partial charge >= 0.3 is 27.6 Å². The van der Waals surface area contributed by atoms with E-state index in [-0.39, 0.29) is 29.2 Å². The second-order valence-electron chi connectivity index (χ2n) is 9.14. The molecule has 0 spiro atoms. The van der Waals surface area contributed by atoms with Crippen molar-refractivity contribution in [3.63, 3.8) is 0 Å². The number of ether oxygens (including phenoxy) is 4. The second kappa shape index (κ2) is 14.6. The Morgan fingerprint density at radius 2 is 1.42 bits per heavy atom. The maximum absolute atomic E-state index is 13.5. The Kier molecular flexibility index (Phi) is 11.1. The molecule has 0 heterocycles. The van der Waals surface area contributed by atoms with Gasteiger partial charge in [0.25, 0.3) is 0 Å². The van der Waals surface area contributed by atoms with Crippen molar-refractivity contribution in [2.45, 2.75) is 31.9 Å². The number of ketones is 1. The van der Waals surface area contributed by atoms with Crippen LogP contribution in [0.25, 0.3) is 6.08 Å². The number of carbonyl (C=O) groups is 3. The fourth-order valence-electron chi connectivity index (χ4n) is 3.82. The van der Waals surface area contributed by atoms with Gasteiger partial charge in [0.2, 0.25) is 0 Å². The van der Waals surface area contributed by atoms with E-state index in [9.17, 15) is 36.0 Å². The third kappa shape index (κ3) is 9.44. The Morgan fingerprint density at radius 1 is 0.867 bits per heavy atom. The molecule has 45 heavy (non-hydrogen) atoms. The Labute approximate surface area is 256 Å². The third-order valence-corrected chi connectivity index (χ3v) is 6.71. The highest BCUT2D eigenvalue weighted by atomic mass is 32.2. The van der Waals surface area contributed by atoms with Crippen molar-refractivity contribution >= 4 is 33.9 Å². The predicted molar refractivity (Wildman–Crippen MR) is 156 cm³/mol. The van der Waals surface area contributed by atoms with Crippen molar-refractivity contribution in [1.82, 2.24) is 0 Å². The molecule has 0 radical (unpaired) electrons. The number of alkyl halides is 3. The smallest absolute Gasteiger partial charge is 0.496 e. The molecule has 1 atom stereocenters. The summed E-state index contributed by atoms with van der Waals surface area (Å²) >= 11 is 0. The predicted octanol–water partition coefficient (Wildman–Crippen LogP) is 6.37. The van der Waals surface area contributed by atoms with Gasteiger partial charge in [-0.05, 0) is 41.5 Å². The first-order valence-electron chi connectivity index (χ1n) is 12.9. The highest BCUT2D eigenvalue weighted by Gasteiger charge is 2.48. The van der Waals surface area contributed by atoms with Crippen LogP contribution in [0, 0.1) is 0 Å². The Hall–Kier alpha value is -5.11. The fourth-order valence-corrected chi connectivity index (χ4v) is 4.28. The van der Waals surface area contributed by atoms with E-state index in [1.165, 1.54) is 63.5 Å². The number of allylic oxidation sites excluding steroid dienone is 1. The summed E-state index contributed by atoms with van der Waals surface area (Å²) in [5, 5.41) is 0. The number of esters is 2. The van der Waals surface area contributed by atoms with Crippen LogP contribution in [0.5, 0.6) is 28.7 Å². The van der Waals surface area contributed by atoms with E-state index in [0.29, 0.717) is 16.9 Å². The number of carbonyl (C=O) groups excluding carboxylic acids is 3. The van der Waals surface area contributed by atoms with E-state index in [1.54, 1.807) is 24.3 Å². The normalized spacial score (nSPS) is 12.2. The van der Waals surface area contributed by atoms with E-state index < -0.39 is 45.2 Å². The van der Waals surface area contributed by atoms with Gasteiger partial charge in [0.15, 0.2) is 5.78 Å². The van der Waals surface area contributed by atoms with Gasteiger partial charge in [-0.3, -0.25) is 14.4 Å². The molecule has 0 fully saturated rings. The van der Waals surface area contributed by atoms with Crippen molar-refractivity contribution in [3.05, 3.63) is 96.1 Å². The third-order valence-electron chi connectivity index (χ3n) is 5.73. The van der Waals surface area contributed by atoms with Crippen LogP contribution < -0.4 is 23.1 Å². The van der Waals surface area contributed by atoms with E-state index in [2.05, 4.69) is 10.8 Å². The Bertz CT molecular complexity index is 1700. The molecule has 0 aromatic heterocycles. The molecule has 3 aromatic rings. The lowest BCUT2D eigenvalue weighted by Gasteiger charge is -2.22. The number of benzene rings is 3.